The van der Waals surface area contributed by atoms with Gasteiger partial charge < -0.3 is 169 Å². The second-order valence-electron chi connectivity index (χ2n) is 20.7. The number of carbonyl (C=O) groups is 2. The lowest BCUT2D eigenvalue weighted by Gasteiger charge is -2.51. The normalized spacial score (nSPS) is 50.8. The van der Waals surface area contributed by atoms with Crippen molar-refractivity contribution in [1.29, 1.82) is 0 Å². The van der Waals surface area contributed by atoms with E-state index in [1.54, 1.807) is 0 Å². The maximum Gasteiger partial charge on any atom is 0.217 e. The maximum absolute atomic E-state index is 12.9. The first kappa shape index (κ1) is 66.2. The van der Waals surface area contributed by atoms with Crippen LogP contribution >= 0.6 is 0 Å². The van der Waals surface area contributed by atoms with Crippen molar-refractivity contribution < 1.29 is 168 Å². The Morgan fingerprint density at radius 3 is 1.40 bits per heavy atom. The SMILES string of the molecule is CC(=O)N[C@@H]1[C@@H](O[C@@H]2O[C@@H](C)[C@@H](O)[C@@H](O)[C@@H]2O)[C@H](O[C@@H]2O[C@H](CO)[C@@H](O[C@@H]3O[C@H](CO[C@H]4O[C@H](CO[C@H]5O[C@H](CO)[C@@H](O)[C@H](O)[C@@H]5O)[C@@H](O)[C@H](O)[C@@H]4O)[C@@H](O)[C@H](O)[C@@H]3O[C@@H]3OC[C@@H](O)[C@H](O)[C@H]3O)[C@H](O)[C@H]2NC(C)=O)[C@@H](CO)O[C@H]1O. The lowest BCUT2D eigenvalue weighted by atomic mass is 9.93. The summed E-state index contributed by atoms with van der Waals surface area (Å²) in [5.41, 5.74) is 0. The number of rotatable bonds is 19. The third kappa shape index (κ3) is 14.6. The summed E-state index contributed by atoms with van der Waals surface area (Å²) in [6.45, 7) is -1.89. The maximum atomic E-state index is 12.9. The van der Waals surface area contributed by atoms with Crippen molar-refractivity contribution in [2.24, 2.45) is 0 Å². The first-order valence-electron chi connectivity index (χ1n) is 25.9. The summed E-state index contributed by atoms with van der Waals surface area (Å²) in [6.07, 6.45) is -59.7. The smallest absolute Gasteiger partial charge is 0.217 e. The quantitative estimate of drug-likeness (QED) is 0.0571. The zero-order valence-electron chi connectivity index (χ0n) is 43.5. The largest absolute Gasteiger partial charge is 0.394 e. The summed E-state index contributed by atoms with van der Waals surface area (Å²) < 4.78 is 75.0. The molecule has 0 aromatic carbocycles. The topological polar surface area (TPSA) is 563 Å². The molecule has 81 heavy (non-hydrogen) atoms. The van der Waals surface area contributed by atoms with Crippen LogP contribution in [-0.4, -0.2) is 357 Å². The van der Waals surface area contributed by atoms with Crippen LogP contribution in [0.15, 0.2) is 0 Å². The highest BCUT2D eigenvalue weighted by atomic mass is 16.8. The minimum atomic E-state index is -2.22. The fourth-order valence-corrected chi connectivity index (χ4v) is 10.2. The first-order chi connectivity index (χ1) is 38.2. The van der Waals surface area contributed by atoms with E-state index in [2.05, 4.69) is 10.6 Å². The predicted molar refractivity (Wildman–Crippen MR) is 248 cm³/mol. The number of nitrogens with one attached hydrogen (secondary N) is 2. The molecule has 470 valence electrons. The van der Waals surface area contributed by atoms with Gasteiger partial charge in [0.25, 0.3) is 0 Å². The number of aliphatic hydroxyl groups is 19. The lowest BCUT2D eigenvalue weighted by molar-refractivity contribution is -0.389. The summed E-state index contributed by atoms with van der Waals surface area (Å²) in [5, 5.41) is 209. The molecule has 0 unspecified atom stereocenters. The van der Waals surface area contributed by atoms with E-state index in [1.165, 1.54) is 6.92 Å². The first-order valence-corrected chi connectivity index (χ1v) is 25.9. The summed E-state index contributed by atoms with van der Waals surface area (Å²) >= 11 is 0. The average molecular weight is 1190 g/mol. The zero-order chi connectivity index (χ0) is 59.6. The monoisotopic (exact) mass is 1190 g/mol. The zero-order valence-corrected chi connectivity index (χ0v) is 43.5. The van der Waals surface area contributed by atoms with Gasteiger partial charge >= 0.3 is 0 Å². The van der Waals surface area contributed by atoms with Crippen LogP contribution in [0.25, 0.3) is 0 Å². The van der Waals surface area contributed by atoms with Crippen molar-refractivity contribution >= 4 is 11.8 Å². The third-order valence-electron chi connectivity index (χ3n) is 14.9. The minimum Gasteiger partial charge on any atom is -0.394 e. The van der Waals surface area contributed by atoms with Gasteiger partial charge in [-0.25, -0.2) is 0 Å². The molecule has 36 heteroatoms. The van der Waals surface area contributed by atoms with Crippen LogP contribution in [-0.2, 0) is 71.2 Å². The Hall–Kier alpha value is -2.34. The number of ether oxygens (including phenoxy) is 13. The van der Waals surface area contributed by atoms with E-state index in [0.717, 1.165) is 13.8 Å². The fraction of sp³-hybridized carbons (Fsp3) is 0.956. The predicted octanol–water partition coefficient (Wildman–Crippen LogP) is -14.3. The second-order valence-corrected chi connectivity index (χ2v) is 20.7. The molecule has 36 nitrogen and oxygen atoms in total. The van der Waals surface area contributed by atoms with E-state index >= 15 is 0 Å². The molecule has 7 saturated heterocycles. The Morgan fingerprint density at radius 1 is 0.395 bits per heavy atom. The highest BCUT2D eigenvalue weighted by Crippen LogP contribution is 2.37. The molecule has 0 saturated carbocycles. The van der Waals surface area contributed by atoms with E-state index in [9.17, 15) is 107 Å². The Morgan fingerprint density at radius 2 is 0.827 bits per heavy atom. The Labute approximate surface area is 459 Å². The van der Waals surface area contributed by atoms with Crippen LogP contribution in [0.3, 0.4) is 0 Å². The van der Waals surface area contributed by atoms with Gasteiger partial charge in [-0.15, -0.1) is 0 Å². The lowest BCUT2D eigenvalue weighted by Crippen LogP contribution is -2.71. The van der Waals surface area contributed by atoms with Gasteiger partial charge in [-0.2, -0.15) is 0 Å². The standard InChI is InChI=1S/C45H76N2O34/c1-10-21(54)27(60)34(67)44(72-10)80-37-20(47-12(3)52)39(68)73-16(6-50)36(37)79-40-19(46-11(2)51)26(59)35(15(5-49)75-40)78-45-38(81-43-31(64)22(55)13(53)7-69-43)30(63)25(58)18(77-45)9-71-42-33(66)29(62)24(57)17(76-42)8-70-41-32(65)28(61)23(56)14(4-48)74-41/h10,13-45,48-50,53-68H,4-9H2,1-3H3,(H,46,51)(H,47,52)/t10-,13+,14+,15+,16+,17+,18+,19+,20+,21+,22-,23+,24+,25+,26+,27+,28-,29-,30-,31+,32-,33-,34-,35+,36+,37+,38-,39+,40-,41-,42-,43-,44-,45-/m0/s1. The highest BCUT2D eigenvalue weighted by molar-refractivity contribution is 5.73. The highest BCUT2D eigenvalue weighted by Gasteiger charge is 2.58. The molecular formula is C45H76N2O34. The van der Waals surface area contributed by atoms with Crippen molar-refractivity contribution in [1.82, 2.24) is 10.6 Å². The molecule has 7 aliphatic heterocycles. The number of amides is 2. The van der Waals surface area contributed by atoms with Crippen LogP contribution in [0.5, 0.6) is 0 Å². The fourth-order valence-electron chi connectivity index (χ4n) is 10.2. The molecule has 7 rings (SSSR count). The molecular weight excluding hydrogens is 1110 g/mol. The van der Waals surface area contributed by atoms with Gasteiger partial charge in [-0.05, 0) is 6.92 Å². The number of hydrogen-bond donors (Lipinski definition) is 21. The molecule has 7 fully saturated rings. The van der Waals surface area contributed by atoms with Gasteiger partial charge in [0.15, 0.2) is 44.0 Å². The van der Waals surface area contributed by atoms with Crippen molar-refractivity contribution in [2.45, 2.75) is 229 Å². The molecule has 7 heterocycles. The van der Waals surface area contributed by atoms with Gasteiger partial charge in [-0.3, -0.25) is 9.59 Å². The van der Waals surface area contributed by atoms with Crippen LogP contribution in [0.2, 0.25) is 0 Å². The molecule has 0 aliphatic carbocycles. The van der Waals surface area contributed by atoms with Crippen molar-refractivity contribution in [2.75, 3.05) is 39.6 Å². The van der Waals surface area contributed by atoms with Crippen molar-refractivity contribution in [3.63, 3.8) is 0 Å². The molecule has 0 aromatic heterocycles. The number of aliphatic hydroxyl groups excluding tert-OH is 19. The van der Waals surface area contributed by atoms with Gasteiger partial charge in [0, 0.05) is 13.8 Å². The summed E-state index contributed by atoms with van der Waals surface area (Å²) in [7, 11) is 0. The van der Waals surface area contributed by atoms with Crippen LogP contribution in [0, 0.1) is 0 Å². The van der Waals surface area contributed by atoms with Gasteiger partial charge in [0.2, 0.25) is 11.8 Å². The third-order valence-corrected chi connectivity index (χ3v) is 14.9. The molecule has 21 N–H and O–H groups in total. The minimum absolute atomic E-state index is 0.643. The van der Waals surface area contributed by atoms with Crippen molar-refractivity contribution in [3.8, 4) is 0 Å². The molecule has 34 atom stereocenters. The van der Waals surface area contributed by atoms with Crippen LogP contribution < -0.4 is 10.6 Å². The molecule has 7 aliphatic rings. The van der Waals surface area contributed by atoms with E-state index in [-0.39, 0.29) is 0 Å². The van der Waals surface area contributed by atoms with Crippen LogP contribution in [0.1, 0.15) is 20.8 Å². The summed E-state index contributed by atoms with van der Waals surface area (Å²) in [5.74, 6) is -1.66. The molecule has 0 radical (unpaired) electrons. The van der Waals surface area contributed by atoms with Gasteiger partial charge in [-0.1, -0.05) is 0 Å². The summed E-state index contributed by atoms with van der Waals surface area (Å²) in [4.78, 5) is 25.3. The Kier molecular flexibility index (Phi) is 23.2. The Bertz CT molecular complexity index is 1990. The number of hydrogen-bond acceptors (Lipinski definition) is 34. The molecule has 2 amide bonds. The second kappa shape index (κ2) is 28.4. The van der Waals surface area contributed by atoms with Gasteiger partial charge in [0.05, 0.1) is 45.7 Å². The summed E-state index contributed by atoms with van der Waals surface area (Å²) in [6, 6.07) is -3.49. The van der Waals surface area contributed by atoms with Gasteiger partial charge in [0.1, 0.15) is 159 Å². The average Bonchev–Trinajstić information content (AvgIpc) is 3.52. The molecule has 0 spiro atoms. The number of carbonyl (C=O) groups excluding carboxylic acids is 2. The van der Waals surface area contributed by atoms with E-state index in [4.69, 9.17) is 61.6 Å². The Balaban J connectivity index is 1.13. The van der Waals surface area contributed by atoms with E-state index in [1.807, 2.05) is 0 Å². The van der Waals surface area contributed by atoms with E-state index in [0.29, 0.717) is 0 Å². The molecule has 0 bridgehead atoms. The van der Waals surface area contributed by atoms with Crippen molar-refractivity contribution in [3.05, 3.63) is 0 Å². The van der Waals surface area contributed by atoms with E-state index < -0.39 is 260 Å². The van der Waals surface area contributed by atoms with Crippen LogP contribution in [0.4, 0.5) is 0 Å². The molecule has 0 aromatic rings.